The summed E-state index contributed by atoms with van der Waals surface area (Å²) in [5, 5.41) is 1.91. The average molecular weight is 433 g/mol. The van der Waals surface area contributed by atoms with Crippen molar-refractivity contribution in [2.45, 2.75) is 19.9 Å². The molecular formula is C25H24N2O3S. The third-order valence-electron chi connectivity index (χ3n) is 5.04. The molecular weight excluding hydrogens is 408 g/mol. The zero-order valence-corrected chi connectivity index (χ0v) is 18.4. The van der Waals surface area contributed by atoms with Crippen molar-refractivity contribution in [1.82, 2.24) is 4.90 Å². The fraction of sp³-hybridized carbons (Fsp3) is 0.200. The maximum atomic E-state index is 13.6. The highest BCUT2D eigenvalue weighted by Gasteiger charge is 2.43. The molecule has 2 amide bonds. The molecule has 0 saturated heterocycles. The topological polar surface area (TPSA) is 49.9 Å². The molecule has 0 fully saturated rings. The molecule has 0 saturated carbocycles. The molecule has 3 aromatic rings. The molecule has 2 aromatic carbocycles. The molecule has 0 spiro atoms. The van der Waals surface area contributed by atoms with Crippen LogP contribution in [0.3, 0.4) is 0 Å². The van der Waals surface area contributed by atoms with Crippen LogP contribution in [0.15, 0.2) is 77.8 Å². The summed E-state index contributed by atoms with van der Waals surface area (Å²) in [6.45, 7) is 3.05. The van der Waals surface area contributed by atoms with Crippen LogP contribution in [0.4, 0.5) is 5.69 Å². The second-order valence-electron chi connectivity index (χ2n) is 7.30. The van der Waals surface area contributed by atoms with E-state index in [1.54, 1.807) is 12.1 Å². The first-order valence-electron chi connectivity index (χ1n) is 10.3. The minimum Gasteiger partial charge on any atom is -0.491 e. The third-order valence-corrected chi connectivity index (χ3v) is 5.93. The van der Waals surface area contributed by atoms with Gasteiger partial charge in [-0.15, -0.1) is 11.3 Å². The second-order valence-corrected chi connectivity index (χ2v) is 8.25. The van der Waals surface area contributed by atoms with E-state index in [1.165, 1.54) is 16.2 Å². The maximum absolute atomic E-state index is 13.6. The summed E-state index contributed by atoms with van der Waals surface area (Å²) in [5.74, 6) is -0.127. The fourth-order valence-electron chi connectivity index (χ4n) is 3.65. The summed E-state index contributed by atoms with van der Waals surface area (Å²) in [7, 11) is 1.85. The van der Waals surface area contributed by atoms with Gasteiger partial charge in [-0.05, 0) is 35.6 Å². The fourth-order valence-corrected chi connectivity index (χ4v) is 4.41. The summed E-state index contributed by atoms with van der Waals surface area (Å²) in [6, 6.07) is 20.9. The number of thiophene rings is 1. The zero-order chi connectivity index (χ0) is 21.8. The summed E-state index contributed by atoms with van der Waals surface area (Å²) >= 11 is 1.45. The van der Waals surface area contributed by atoms with Crippen LogP contribution < -0.4 is 9.64 Å². The highest BCUT2D eigenvalue weighted by atomic mass is 32.1. The maximum Gasteiger partial charge on any atom is 0.282 e. The highest BCUT2D eigenvalue weighted by Crippen LogP contribution is 2.39. The van der Waals surface area contributed by atoms with Crippen LogP contribution in [0.1, 0.15) is 23.8 Å². The number of anilines is 1. The van der Waals surface area contributed by atoms with Crippen molar-refractivity contribution in [3.63, 3.8) is 0 Å². The van der Waals surface area contributed by atoms with Crippen LogP contribution in [-0.4, -0.2) is 30.4 Å². The number of benzene rings is 2. The molecule has 0 atom stereocenters. The van der Waals surface area contributed by atoms with Crippen molar-refractivity contribution in [2.75, 3.05) is 18.6 Å². The van der Waals surface area contributed by atoms with Gasteiger partial charge in [0.05, 0.1) is 17.9 Å². The van der Waals surface area contributed by atoms with Gasteiger partial charge >= 0.3 is 0 Å². The summed E-state index contributed by atoms with van der Waals surface area (Å²) in [6.07, 6.45) is 0.833. The smallest absolute Gasteiger partial charge is 0.282 e. The number of carbonyl (C=O) groups is 2. The molecule has 4 rings (SSSR count). The minimum atomic E-state index is -0.334. The molecule has 31 heavy (non-hydrogen) atoms. The van der Waals surface area contributed by atoms with Crippen LogP contribution in [0.5, 0.6) is 5.75 Å². The summed E-state index contributed by atoms with van der Waals surface area (Å²) in [4.78, 5) is 31.1. The van der Waals surface area contributed by atoms with Crippen LogP contribution in [0.25, 0.3) is 5.57 Å². The average Bonchev–Trinajstić information content (AvgIpc) is 3.39. The number of hydrogen-bond acceptors (Lipinski definition) is 5. The van der Waals surface area contributed by atoms with E-state index in [4.69, 9.17) is 4.74 Å². The number of amides is 2. The summed E-state index contributed by atoms with van der Waals surface area (Å²) in [5.41, 5.74) is 2.38. The van der Waals surface area contributed by atoms with Crippen molar-refractivity contribution in [3.8, 4) is 5.75 Å². The quantitative estimate of drug-likeness (QED) is 0.473. The predicted molar refractivity (Wildman–Crippen MR) is 124 cm³/mol. The molecule has 5 nitrogen and oxygen atoms in total. The first-order valence-corrected chi connectivity index (χ1v) is 11.1. The first-order chi connectivity index (χ1) is 15.1. The molecule has 0 radical (unpaired) electrons. The normalized spacial score (nSPS) is 13.8. The van der Waals surface area contributed by atoms with E-state index in [0.717, 1.165) is 16.9 Å². The van der Waals surface area contributed by atoms with E-state index in [0.29, 0.717) is 35.9 Å². The molecule has 1 aliphatic rings. The van der Waals surface area contributed by atoms with Gasteiger partial charge in [-0.2, -0.15) is 0 Å². The zero-order valence-electron chi connectivity index (χ0n) is 17.6. The van der Waals surface area contributed by atoms with Crippen molar-refractivity contribution in [1.29, 1.82) is 0 Å². The number of hydrogen-bond donors (Lipinski definition) is 0. The summed E-state index contributed by atoms with van der Waals surface area (Å²) < 4.78 is 5.84. The number of para-hydroxylation sites is 2. The van der Waals surface area contributed by atoms with E-state index >= 15 is 0 Å². The van der Waals surface area contributed by atoms with Crippen molar-refractivity contribution < 1.29 is 14.3 Å². The number of carbonyl (C=O) groups excluding carboxylic acids is 2. The van der Waals surface area contributed by atoms with Crippen LogP contribution in [0, 0.1) is 0 Å². The molecule has 6 heteroatoms. The van der Waals surface area contributed by atoms with E-state index in [1.807, 2.05) is 78.8 Å². The van der Waals surface area contributed by atoms with Gasteiger partial charge in [0.2, 0.25) is 0 Å². The molecule has 1 aromatic heterocycles. The Kier molecular flexibility index (Phi) is 6.18. The molecule has 0 bridgehead atoms. The van der Waals surface area contributed by atoms with E-state index in [-0.39, 0.29) is 11.8 Å². The molecule has 158 valence electrons. The van der Waals surface area contributed by atoms with Gasteiger partial charge in [0, 0.05) is 18.5 Å². The monoisotopic (exact) mass is 432 g/mol. The molecule has 2 heterocycles. The van der Waals surface area contributed by atoms with E-state index in [2.05, 4.69) is 0 Å². The highest BCUT2D eigenvalue weighted by molar-refractivity contribution is 7.11. The van der Waals surface area contributed by atoms with Crippen LogP contribution in [-0.2, 0) is 16.1 Å². The van der Waals surface area contributed by atoms with Crippen molar-refractivity contribution >= 4 is 34.4 Å². The van der Waals surface area contributed by atoms with Gasteiger partial charge in [-0.25, -0.2) is 4.90 Å². The van der Waals surface area contributed by atoms with Gasteiger partial charge in [-0.1, -0.05) is 55.5 Å². The first kappa shape index (κ1) is 20.9. The molecule has 0 unspecified atom stereocenters. The predicted octanol–water partition coefficient (Wildman–Crippen LogP) is 4.95. The lowest BCUT2D eigenvalue weighted by Gasteiger charge is -2.22. The lowest BCUT2D eigenvalue weighted by Crippen LogP contribution is -2.34. The van der Waals surface area contributed by atoms with E-state index < -0.39 is 0 Å². The van der Waals surface area contributed by atoms with Gasteiger partial charge < -0.3 is 9.64 Å². The Morgan fingerprint density at radius 3 is 2.39 bits per heavy atom. The number of nitrogens with zero attached hydrogens (tertiary/aromatic N) is 2. The van der Waals surface area contributed by atoms with Gasteiger partial charge in [0.1, 0.15) is 11.4 Å². The third kappa shape index (κ3) is 4.11. The Bertz CT molecular complexity index is 1110. The Morgan fingerprint density at radius 1 is 0.935 bits per heavy atom. The largest absolute Gasteiger partial charge is 0.491 e. The number of likely N-dealkylation sites (N-methyl/N-ethyl adjacent to an activating group) is 1. The second kappa shape index (κ2) is 9.18. The number of rotatable bonds is 8. The van der Waals surface area contributed by atoms with Gasteiger partial charge in [0.15, 0.2) is 0 Å². The van der Waals surface area contributed by atoms with Crippen LogP contribution >= 0.6 is 11.3 Å². The Balaban J connectivity index is 1.75. The van der Waals surface area contributed by atoms with Crippen molar-refractivity contribution in [3.05, 3.63) is 88.2 Å². The molecule has 1 aliphatic heterocycles. The lowest BCUT2D eigenvalue weighted by atomic mass is 10.1. The van der Waals surface area contributed by atoms with Crippen LogP contribution in [0.2, 0.25) is 0 Å². The minimum absolute atomic E-state index is 0.324. The molecule has 0 aliphatic carbocycles. The van der Waals surface area contributed by atoms with Crippen molar-refractivity contribution in [2.24, 2.45) is 0 Å². The number of imide groups is 1. The van der Waals surface area contributed by atoms with Gasteiger partial charge in [-0.3, -0.25) is 9.59 Å². The Morgan fingerprint density at radius 2 is 1.68 bits per heavy atom. The Labute approximate surface area is 186 Å². The SMILES string of the molecule is CCCOc1ccccc1N1C(=O)C(c2cccs2)=C(N(C)Cc2ccccc2)C1=O. The lowest BCUT2D eigenvalue weighted by molar-refractivity contribution is -0.120. The Hall–Kier alpha value is -3.38. The van der Waals surface area contributed by atoms with Gasteiger partial charge in [0.25, 0.3) is 11.8 Å². The number of ether oxygens (including phenoxy) is 1. The standard InChI is InChI=1S/C25H24N2O3S/c1-3-15-30-20-13-8-7-12-19(20)27-24(28)22(21-14-9-16-31-21)23(25(27)29)26(2)17-18-10-5-4-6-11-18/h4-14,16H,3,15,17H2,1-2H3. The van der Waals surface area contributed by atoms with E-state index in [9.17, 15) is 9.59 Å². The molecule has 0 N–H and O–H groups in total.